The van der Waals surface area contributed by atoms with E-state index in [0.29, 0.717) is 28.5 Å². The SMILES string of the molecule is Cl.O=C(NC1C2CNCC21)c1ccc(Cl)c(Br)c1. The van der Waals surface area contributed by atoms with Crippen molar-refractivity contribution < 1.29 is 4.79 Å². The number of fused-ring (bicyclic) bond motifs is 1. The van der Waals surface area contributed by atoms with E-state index in [9.17, 15) is 4.79 Å². The average Bonchev–Trinajstić information content (AvgIpc) is 2.76. The lowest BCUT2D eigenvalue weighted by Crippen LogP contribution is -2.32. The molecule has 1 aromatic carbocycles. The summed E-state index contributed by atoms with van der Waals surface area (Å²) < 4.78 is 0.754. The maximum atomic E-state index is 12.0. The number of piperidine rings is 1. The summed E-state index contributed by atoms with van der Waals surface area (Å²) >= 11 is 9.22. The number of hydrogen-bond donors (Lipinski definition) is 2. The maximum Gasteiger partial charge on any atom is 0.251 e. The summed E-state index contributed by atoms with van der Waals surface area (Å²) in [6, 6.07) is 5.60. The molecule has 0 aromatic heterocycles. The van der Waals surface area contributed by atoms with E-state index in [1.807, 2.05) is 0 Å². The molecule has 18 heavy (non-hydrogen) atoms. The van der Waals surface area contributed by atoms with Crippen molar-refractivity contribution in [2.75, 3.05) is 13.1 Å². The lowest BCUT2D eigenvalue weighted by molar-refractivity contribution is 0.0946. The summed E-state index contributed by atoms with van der Waals surface area (Å²) in [4.78, 5) is 12.0. The van der Waals surface area contributed by atoms with Crippen molar-refractivity contribution >= 4 is 45.8 Å². The number of amides is 1. The van der Waals surface area contributed by atoms with Crippen LogP contribution in [0.4, 0.5) is 0 Å². The van der Waals surface area contributed by atoms with E-state index >= 15 is 0 Å². The van der Waals surface area contributed by atoms with Crippen LogP contribution < -0.4 is 10.6 Å². The Morgan fingerprint density at radius 1 is 1.39 bits per heavy atom. The average molecular weight is 352 g/mol. The molecule has 1 aliphatic carbocycles. The molecule has 1 amide bonds. The Hall–Kier alpha value is -0.290. The van der Waals surface area contributed by atoms with E-state index in [0.717, 1.165) is 17.6 Å². The van der Waals surface area contributed by atoms with Crippen LogP contribution >= 0.6 is 39.9 Å². The first-order valence-electron chi connectivity index (χ1n) is 5.63. The predicted molar refractivity (Wildman–Crippen MR) is 77.5 cm³/mol. The first kappa shape index (κ1) is 14.1. The molecule has 98 valence electrons. The fourth-order valence-electron chi connectivity index (χ4n) is 2.50. The largest absolute Gasteiger partial charge is 0.349 e. The summed E-state index contributed by atoms with van der Waals surface area (Å²) in [6.07, 6.45) is 0. The van der Waals surface area contributed by atoms with Gasteiger partial charge in [-0.15, -0.1) is 12.4 Å². The molecule has 1 saturated heterocycles. The minimum atomic E-state index is -0.0123. The zero-order valence-electron chi connectivity index (χ0n) is 9.45. The molecule has 1 heterocycles. The number of hydrogen-bond acceptors (Lipinski definition) is 2. The van der Waals surface area contributed by atoms with Gasteiger partial charge in [-0.2, -0.15) is 0 Å². The number of benzene rings is 1. The molecule has 6 heteroatoms. The molecule has 3 rings (SSSR count). The van der Waals surface area contributed by atoms with Gasteiger partial charge in [0, 0.05) is 29.2 Å². The van der Waals surface area contributed by atoms with Crippen LogP contribution in [0.5, 0.6) is 0 Å². The minimum Gasteiger partial charge on any atom is -0.349 e. The van der Waals surface area contributed by atoms with Crippen molar-refractivity contribution in [3.05, 3.63) is 33.3 Å². The standard InChI is InChI=1S/C12H12BrClN2O.ClH/c13-9-3-6(1-2-10(9)14)12(17)16-11-7-4-15-5-8(7)11;/h1-3,7-8,11,15H,4-5H2,(H,16,17);1H. The zero-order valence-corrected chi connectivity index (χ0v) is 12.6. The number of halogens is 3. The minimum absolute atomic E-state index is 0. The summed E-state index contributed by atoms with van der Waals surface area (Å²) in [6.45, 7) is 2.06. The summed E-state index contributed by atoms with van der Waals surface area (Å²) in [7, 11) is 0. The van der Waals surface area contributed by atoms with E-state index in [1.165, 1.54) is 0 Å². The fourth-order valence-corrected chi connectivity index (χ4v) is 3.00. The molecule has 2 N–H and O–H groups in total. The Morgan fingerprint density at radius 2 is 2.06 bits per heavy atom. The number of rotatable bonds is 2. The second-order valence-electron chi connectivity index (χ2n) is 4.61. The quantitative estimate of drug-likeness (QED) is 0.859. The molecule has 2 unspecified atom stereocenters. The van der Waals surface area contributed by atoms with Gasteiger partial charge in [0.25, 0.3) is 5.91 Å². The van der Waals surface area contributed by atoms with Crippen molar-refractivity contribution in [3.63, 3.8) is 0 Å². The molecule has 2 atom stereocenters. The van der Waals surface area contributed by atoms with E-state index in [4.69, 9.17) is 11.6 Å². The van der Waals surface area contributed by atoms with Gasteiger partial charge in [0.05, 0.1) is 5.02 Å². The van der Waals surface area contributed by atoms with Crippen LogP contribution in [0.2, 0.25) is 5.02 Å². The maximum absolute atomic E-state index is 12.0. The second-order valence-corrected chi connectivity index (χ2v) is 5.88. The van der Waals surface area contributed by atoms with Crippen molar-refractivity contribution in [2.45, 2.75) is 6.04 Å². The molecule has 1 saturated carbocycles. The van der Waals surface area contributed by atoms with Crippen molar-refractivity contribution in [1.29, 1.82) is 0 Å². The molecular formula is C12H13BrCl2N2O. The number of nitrogens with one attached hydrogen (secondary N) is 2. The van der Waals surface area contributed by atoms with Gasteiger partial charge >= 0.3 is 0 Å². The predicted octanol–water partition coefficient (Wildman–Crippen LogP) is 2.47. The Morgan fingerprint density at radius 3 is 2.67 bits per heavy atom. The summed E-state index contributed by atoms with van der Waals surface area (Å²) in [5, 5.41) is 7.00. The highest BCUT2D eigenvalue weighted by atomic mass is 79.9. The van der Waals surface area contributed by atoms with Crippen molar-refractivity contribution in [1.82, 2.24) is 10.6 Å². The van der Waals surface area contributed by atoms with Crippen LogP contribution in [0, 0.1) is 11.8 Å². The van der Waals surface area contributed by atoms with E-state index < -0.39 is 0 Å². The molecule has 0 radical (unpaired) electrons. The van der Waals surface area contributed by atoms with E-state index in [-0.39, 0.29) is 18.3 Å². The third-order valence-corrected chi connectivity index (χ3v) is 4.79. The summed E-state index contributed by atoms with van der Waals surface area (Å²) in [5.41, 5.74) is 0.652. The Kier molecular flexibility index (Phi) is 4.22. The van der Waals surface area contributed by atoms with Gasteiger partial charge in [-0.3, -0.25) is 4.79 Å². The normalized spacial score (nSPS) is 28.2. The molecule has 0 bridgehead atoms. The zero-order chi connectivity index (χ0) is 12.0. The van der Waals surface area contributed by atoms with Crippen molar-refractivity contribution in [3.8, 4) is 0 Å². The van der Waals surface area contributed by atoms with Gasteiger partial charge in [-0.25, -0.2) is 0 Å². The topological polar surface area (TPSA) is 41.1 Å². The highest BCUT2D eigenvalue weighted by Crippen LogP contribution is 2.41. The van der Waals surface area contributed by atoms with Crippen LogP contribution in [0.15, 0.2) is 22.7 Å². The third kappa shape index (κ3) is 2.52. The monoisotopic (exact) mass is 350 g/mol. The molecule has 2 fully saturated rings. The van der Waals surface area contributed by atoms with Gasteiger partial charge < -0.3 is 10.6 Å². The fraction of sp³-hybridized carbons (Fsp3) is 0.417. The van der Waals surface area contributed by atoms with Gasteiger partial charge in [0.1, 0.15) is 0 Å². The van der Waals surface area contributed by atoms with Crippen LogP contribution in [0.25, 0.3) is 0 Å². The first-order valence-corrected chi connectivity index (χ1v) is 6.80. The lowest BCUT2D eigenvalue weighted by Gasteiger charge is -2.08. The molecule has 3 nitrogen and oxygen atoms in total. The van der Waals surface area contributed by atoms with E-state index in [2.05, 4.69) is 26.6 Å². The van der Waals surface area contributed by atoms with Gasteiger partial charge in [-0.1, -0.05) is 11.6 Å². The second kappa shape index (κ2) is 5.37. The highest BCUT2D eigenvalue weighted by molar-refractivity contribution is 9.10. The van der Waals surface area contributed by atoms with Crippen LogP contribution in [0.3, 0.4) is 0 Å². The molecular weight excluding hydrogens is 339 g/mol. The van der Waals surface area contributed by atoms with Crippen LogP contribution in [-0.4, -0.2) is 25.0 Å². The van der Waals surface area contributed by atoms with Gasteiger partial charge in [-0.05, 0) is 46.0 Å². The number of carbonyl (C=O) groups excluding carboxylic acids is 1. The molecule has 0 spiro atoms. The van der Waals surface area contributed by atoms with E-state index in [1.54, 1.807) is 18.2 Å². The van der Waals surface area contributed by atoms with Crippen LogP contribution in [0.1, 0.15) is 10.4 Å². The molecule has 1 aliphatic heterocycles. The Bertz CT molecular complexity index is 473. The molecule has 2 aliphatic rings. The third-order valence-electron chi connectivity index (χ3n) is 3.57. The molecule has 1 aromatic rings. The summed E-state index contributed by atoms with van der Waals surface area (Å²) in [5.74, 6) is 1.26. The van der Waals surface area contributed by atoms with Gasteiger partial charge in [0.2, 0.25) is 0 Å². The van der Waals surface area contributed by atoms with Crippen molar-refractivity contribution in [2.24, 2.45) is 11.8 Å². The van der Waals surface area contributed by atoms with Crippen LogP contribution in [-0.2, 0) is 0 Å². The first-order chi connectivity index (χ1) is 8.16. The highest BCUT2D eigenvalue weighted by Gasteiger charge is 2.53. The van der Waals surface area contributed by atoms with Gasteiger partial charge in [0.15, 0.2) is 0 Å². The number of carbonyl (C=O) groups is 1. The lowest BCUT2D eigenvalue weighted by atomic mass is 10.2. The smallest absolute Gasteiger partial charge is 0.251 e. The Labute approximate surface area is 125 Å². The Balaban J connectivity index is 0.00000120.